The standard InChI is InChI=1S/C38H57N3O6/c1-36(2,3)47-35(44)41-20-19-40-33(41)38-25-30(32(42)39-18-11-10-15-26-13-8-7-9-14-26)31(46-38)23-29(38)22-27-16-12-17-28(21-27)24-37(4,5)34(43)45-6/h12,16-17,21,26,29-31H,7-11,13-15,18-20,22-25H2,1-6H3,(H,39,42). The van der Waals surface area contributed by atoms with Gasteiger partial charge in [0, 0.05) is 12.5 Å². The van der Waals surface area contributed by atoms with Crippen molar-refractivity contribution < 1.29 is 28.6 Å². The van der Waals surface area contributed by atoms with Gasteiger partial charge in [0.15, 0.2) is 0 Å². The van der Waals surface area contributed by atoms with Crippen LogP contribution in [0.2, 0.25) is 0 Å². The Balaban J connectivity index is 1.30. The minimum absolute atomic E-state index is 0.0256. The Kier molecular flexibility index (Phi) is 11.0. The van der Waals surface area contributed by atoms with Crippen LogP contribution in [0.5, 0.6) is 0 Å². The molecule has 0 aromatic heterocycles. The van der Waals surface area contributed by atoms with Gasteiger partial charge in [0.1, 0.15) is 17.0 Å². The van der Waals surface area contributed by atoms with Gasteiger partial charge in [-0.3, -0.25) is 19.5 Å². The number of hydrogen-bond acceptors (Lipinski definition) is 7. The maximum atomic E-state index is 13.6. The van der Waals surface area contributed by atoms with Gasteiger partial charge in [0.2, 0.25) is 5.91 Å². The minimum atomic E-state index is -0.859. The summed E-state index contributed by atoms with van der Waals surface area (Å²) < 4.78 is 17.7. The highest BCUT2D eigenvalue weighted by Crippen LogP contribution is 2.54. The van der Waals surface area contributed by atoms with Crippen molar-refractivity contribution >= 4 is 23.8 Å². The fourth-order valence-electron chi connectivity index (χ4n) is 8.33. The molecule has 9 heteroatoms. The van der Waals surface area contributed by atoms with E-state index in [0.717, 1.165) is 29.9 Å². The smallest absolute Gasteiger partial charge is 0.415 e. The quantitative estimate of drug-likeness (QED) is 0.200. The van der Waals surface area contributed by atoms with Crippen LogP contribution in [0.4, 0.5) is 4.79 Å². The summed E-state index contributed by atoms with van der Waals surface area (Å²) in [4.78, 5) is 45.9. The number of ether oxygens (including phenoxy) is 3. The van der Waals surface area contributed by atoms with E-state index in [1.807, 2.05) is 46.8 Å². The second-order valence-electron chi connectivity index (χ2n) is 16.0. The molecule has 1 aromatic carbocycles. The van der Waals surface area contributed by atoms with Crippen LogP contribution in [0.15, 0.2) is 29.3 Å². The lowest BCUT2D eigenvalue weighted by atomic mass is 9.70. The number of carbonyl (C=O) groups excluding carboxylic acids is 3. The highest BCUT2D eigenvalue weighted by molar-refractivity contribution is 6.03. The summed E-state index contributed by atoms with van der Waals surface area (Å²) in [7, 11) is 1.42. The van der Waals surface area contributed by atoms with Gasteiger partial charge in [-0.05, 0) is 83.8 Å². The first kappa shape index (κ1) is 35.4. The molecule has 260 valence electrons. The average molecular weight is 652 g/mol. The Morgan fingerprint density at radius 1 is 1.06 bits per heavy atom. The molecule has 2 bridgehead atoms. The maximum Gasteiger partial charge on any atom is 0.415 e. The van der Waals surface area contributed by atoms with E-state index in [4.69, 9.17) is 19.2 Å². The summed E-state index contributed by atoms with van der Waals surface area (Å²) in [5.74, 6) is 0.999. The van der Waals surface area contributed by atoms with Crippen molar-refractivity contribution in [2.45, 2.75) is 129 Å². The highest BCUT2D eigenvalue weighted by Gasteiger charge is 2.64. The third-order valence-corrected chi connectivity index (χ3v) is 10.6. The number of rotatable bonds is 12. The van der Waals surface area contributed by atoms with Gasteiger partial charge in [-0.15, -0.1) is 0 Å². The van der Waals surface area contributed by atoms with E-state index in [9.17, 15) is 14.4 Å². The lowest BCUT2D eigenvalue weighted by molar-refractivity contribution is -0.150. The molecule has 0 spiro atoms. The summed E-state index contributed by atoms with van der Waals surface area (Å²) in [5.41, 5.74) is 0.0413. The Morgan fingerprint density at radius 2 is 1.81 bits per heavy atom. The van der Waals surface area contributed by atoms with Crippen molar-refractivity contribution in [3.63, 3.8) is 0 Å². The van der Waals surface area contributed by atoms with E-state index in [2.05, 4.69) is 17.4 Å². The number of aliphatic imine (C=N–C) groups is 1. The lowest BCUT2D eigenvalue weighted by Crippen LogP contribution is -2.54. The lowest BCUT2D eigenvalue weighted by Gasteiger charge is -2.38. The first-order valence-corrected chi connectivity index (χ1v) is 18.0. The zero-order valence-electron chi connectivity index (χ0n) is 29.6. The molecule has 1 aromatic rings. The zero-order chi connectivity index (χ0) is 33.8. The molecule has 1 aliphatic carbocycles. The fourth-order valence-corrected chi connectivity index (χ4v) is 8.33. The largest absolute Gasteiger partial charge is 0.469 e. The van der Waals surface area contributed by atoms with Crippen LogP contribution in [0.3, 0.4) is 0 Å². The number of carbonyl (C=O) groups is 3. The number of esters is 1. The van der Waals surface area contributed by atoms with Gasteiger partial charge in [-0.2, -0.15) is 0 Å². The van der Waals surface area contributed by atoms with Crippen molar-refractivity contribution in [3.05, 3.63) is 35.4 Å². The molecule has 9 nitrogen and oxygen atoms in total. The number of unbranched alkanes of at least 4 members (excludes halogenated alkanes) is 1. The number of benzene rings is 1. The summed E-state index contributed by atoms with van der Waals surface area (Å²) in [5, 5.41) is 3.23. The predicted molar refractivity (Wildman–Crippen MR) is 182 cm³/mol. The normalized spacial score (nSPS) is 26.3. The number of nitrogens with one attached hydrogen (secondary N) is 1. The van der Waals surface area contributed by atoms with Crippen LogP contribution in [0.1, 0.15) is 110 Å². The first-order valence-electron chi connectivity index (χ1n) is 18.0. The van der Waals surface area contributed by atoms with Gasteiger partial charge < -0.3 is 19.5 Å². The Bertz CT molecular complexity index is 1310. The summed E-state index contributed by atoms with van der Waals surface area (Å²) in [6.45, 7) is 11.0. The van der Waals surface area contributed by atoms with E-state index < -0.39 is 22.7 Å². The number of fused-ring (bicyclic) bond motifs is 2. The third kappa shape index (κ3) is 8.38. The van der Waals surface area contributed by atoms with E-state index in [0.29, 0.717) is 51.2 Å². The highest BCUT2D eigenvalue weighted by atomic mass is 16.6. The number of nitrogens with zero attached hydrogens (tertiary/aromatic N) is 2. The van der Waals surface area contributed by atoms with Gasteiger partial charge in [0.05, 0.1) is 37.6 Å². The van der Waals surface area contributed by atoms with Crippen molar-refractivity contribution in [2.24, 2.45) is 28.2 Å². The first-order chi connectivity index (χ1) is 22.3. The zero-order valence-corrected chi connectivity index (χ0v) is 29.6. The van der Waals surface area contributed by atoms with Crippen LogP contribution in [-0.4, -0.2) is 72.8 Å². The van der Waals surface area contributed by atoms with E-state index in [1.54, 1.807) is 4.90 Å². The summed E-state index contributed by atoms with van der Waals surface area (Å²) in [6, 6.07) is 8.34. The molecule has 4 unspecified atom stereocenters. The Labute approximate surface area is 281 Å². The van der Waals surface area contributed by atoms with Crippen LogP contribution < -0.4 is 5.32 Å². The second kappa shape index (κ2) is 14.7. The molecule has 0 radical (unpaired) electrons. The number of amidine groups is 1. The monoisotopic (exact) mass is 651 g/mol. The molecule has 1 N–H and O–H groups in total. The minimum Gasteiger partial charge on any atom is -0.469 e. The van der Waals surface area contributed by atoms with Crippen LogP contribution in [0, 0.1) is 23.2 Å². The maximum absolute atomic E-state index is 13.6. The van der Waals surface area contributed by atoms with Gasteiger partial charge >= 0.3 is 12.1 Å². The molecule has 1 saturated carbocycles. The van der Waals surface area contributed by atoms with Gasteiger partial charge in [-0.1, -0.05) is 69.2 Å². The second-order valence-corrected chi connectivity index (χ2v) is 16.0. The SMILES string of the molecule is COC(=O)C(C)(C)Cc1cccc(CC2CC3OC2(C2=NCCN2C(=O)OC(C)(C)C)CC3C(=O)NCCCCC2CCCCC2)c1. The average Bonchev–Trinajstić information content (AvgIpc) is 3.75. The number of hydrogen-bond donors (Lipinski definition) is 1. The summed E-state index contributed by atoms with van der Waals surface area (Å²) in [6.07, 6.45) is 12.0. The Hall–Kier alpha value is -2.94. The molecule has 47 heavy (non-hydrogen) atoms. The number of methoxy groups -OCH3 is 1. The topological polar surface area (TPSA) is 107 Å². The van der Waals surface area contributed by atoms with Gasteiger partial charge in [-0.25, -0.2) is 4.79 Å². The van der Waals surface area contributed by atoms with E-state index >= 15 is 0 Å². The fraction of sp³-hybridized carbons (Fsp3) is 0.737. The summed E-state index contributed by atoms with van der Waals surface area (Å²) >= 11 is 0. The molecule has 3 heterocycles. The van der Waals surface area contributed by atoms with E-state index in [-0.39, 0.29) is 29.8 Å². The molecule has 5 rings (SSSR count). The Morgan fingerprint density at radius 3 is 2.53 bits per heavy atom. The molecule has 4 atom stereocenters. The van der Waals surface area contributed by atoms with E-state index in [1.165, 1.54) is 45.6 Å². The van der Waals surface area contributed by atoms with Crippen LogP contribution >= 0.6 is 0 Å². The molecular formula is C38H57N3O6. The van der Waals surface area contributed by atoms with Crippen LogP contribution in [0.25, 0.3) is 0 Å². The van der Waals surface area contributed by atoms with Crippen molar-refractivity contribution in [2.75, 3.05) is 26.7 Å². The molecule has 3 fully saturated rings. The van der Waals surface area contributed by atoms with Crippen molar-refractivity contribution in [1.29, 1.82) is 0 Å². The predicted octanol–water partition coefficient (Wildman–Crippen LogP) is 6.65. The van der Waals surface area contributed by atoms with Crippen LogP contribution in [-0.2, 0) is 36.6 Å². The van der Waals surface area contributed by atoms with Crippen molar-refractivity contribution in [3.8, 4) is 0 Å². The molecule has 2 amide bonds. The molecule has 2 saturated heterocycles. The van der Waals surface area contributed by atoms with Gasteiger partial charge in [0.25, 0.3) is 0 Å². The number of amides is 2. The molecular weight excluding hydrogens is 594 g/mol. The molecule has 4 aliphatic rings. The molecule has 3 aliphatic heterocycles. The third-order valence-electron chi connectivity index (χ3n) is 10.6. The van der Waals surface area contributed by atoms with Crippen molar-refractivity contribution in [1.82, 2.24) is 10.2 Å².